The molecule has 0 bridgehead atoms. The van der Waals surface area contributed by atoms with E-state index < -0.39 is 0 Å². The molecule has 2 heterocycles. The summed E-state index contributed by atoms with van der Waals surface area (Å²) in [6, 6.07) is 7.08. The van der Waals surface area contributed by atoms with Gasteiger partial charge in [0.2, 0.25) is 5.91 Å². The van der Waals surface area contributed by atoms with Crippen LogP contribution in [0.25, 0.3) is 0 Å². The van der Waals surface area contributed by atoms with Gasteiger partial charge in [0.15, 0.2) is 0 Å². The molecule has 7 heteroatoms. The summed E-state index contributed by atoms with van der Waals surface area (Å²) in [7, 11) is 0. The lowest BCUT2D eigenvalue weighted by Crippen LogP contribution is -2.49. The number of likely N-dealkylation sites (tertiary alicyclic amines) is 2. The Hall–Kier alpha value is -1.30. The van der Waals surface area contributed by atoms with Crippen molar-refractivity contribution in [2.24, 2.45) is 11.7 Å². The summed E-state index contributed by atoms with van der Waals surface area (Å²) in [5.41, 5.74) is 6.41. The number of benzene rings is 1. The van der Waals surface area contributed by atoms with Crippen LogP contribution in [0.3, 0.4) is 0 Å². The molecule has 1 aromatic carbocycles. The normalized spacial score (nSPS) is 23.3. The molecule has 1 aromatic rings. The summed E-state index contributed by atoms with van der Waals surface area (Å²) < 4.78 is 0. The van der Waals surface area contributed by atoms with Crippen LogP contribution in [-0.4, -0.2) is 53.8 Å². The van der Waals surface area contributed by atoms with Gasteiger partial charge in [-0.2, -0.15) is 0 Å². The molecule has 0 aliphatic carbocycles. The minimum Gasteiger partial charge on any atom is -0.338 e. The van der Waals surface area contributed by atoms with Gasteiger partial charge < -0.3 is 15.5 Å². The van der Waals surface area contributed by atoms with E-state index in [9.17, 15) is 9.59 Å². The van der Waals surface area contributed by atoms with Gasteiger partial charge in [0.05, 0.1) is 5.92 Å². The number of carbonyl (C=O) groups excluding carboxylic acids is 2. The predicted octanol–water partition coefficient (Wildman–Crippen LogP) is 2.56. The molecule has 5 nitrogen and oxygen atoms in total. The second-order valence-electron chi connectivity index (χ2n) is 6.66. The molecule has 3 rings (SSSR count). The van der Waals surface area contributed by atoms with Crippen LogP contribution in [0.5, 0.6) is 0 Å². The molecule has 25 heavy (non-hydrogen) atoms. The van der Waals surface area contributed by atoms with Crippen molar-refractivity contribution in [3.05, 3.63) is 34.9 Å². The van der Waals surface area contributed by atoms with Crippen molar-refractivity contribution in [2.75, 3.05) is 26.2 Å². The van der Waals surface area contributed by atoms with Crippen LogP contribution in [0.4, 0.5) is 0 Å². The first-order valence-corrected chi connectivity index (χ1v) is 9.03. The second-order valence-corrected chi connectivity index (χ2v) is 7.10. The third-order valence-electron chi connectivity index (χ3n) is 5.08. The average Bonchev–Trinajstić information content (AvgIpc) is 3.10. The average molecular weight is 386 g/mol. The van der Waals surface area contributed by atoms with E-state index in [1.165, 1.54) is 0 Å². The summed E-state index contributed by atoms with van der Waals surface area (Å²) in [6.07, 6.45) is 3.71. The first kappa shape index (κ1) is 20.0. The van der Waals surface area contributed by atoms with Gasteiger partial charge in [-0.15, -0.1) is 12.4 Å². The molecule has 2 unspecified atom stereocenters. The highest BCUT2D eigenvalue weighted by atomic mass is 35.5. The van der Waals surface area contributed by atoms with E-state index in [0.717, 1.165) is 32.2 Å². The van der Waals surface area contributed by atoms with Gasteiger partial charge in [-0.1, -0.05) is 11.6 Å². The van der Waals surface area contributed by atoms with Crippen molar-refractivity contribution in [3.63, 3.8) is 0 Å². The summed E-state index contributed by atoms with van der Waals surface area (Å²) >= 11 is 5.88. The largest absolute Gasteiger partial charge is 0.338 e. The summed E-state index contributed by atoms with van der Waals surface area (Å²) in [5, 5.41) is 0.611. The maximum Gasteiger partial charge on any atom is 0.253 e. The molecule has 2 N–H and O–H groups in total. The van der Waals surface area contributed by atoms with Crippen molar-refractivity contribution in [1.29, 1.82) is 0 Å². The van der Waals surface area contributed by atoms with Crippen molar-refractivity contribution in [2.45, 2.75) is 31.7 Å². The lowest BCUT2D eigenvalue weighted by molar-refractivity contribution is -0.137. The van der Waals surface area contributed by atoms with Crippen LogP contribution in [0.15, 0.2) is 24.3 Å². The third kappa shape index (κ3) is 4.46. The minimum absolute atomic E-state index is 0. The van der Waals surface area contributed by atoms with Gasteiger partial charge in [0, 0.05) is 42.8 Å². The minimum atomic E-state index is -0.109. The fourth-order valence-electron chi connectivity index (χ4n) is 3.74. The van der Waals surface area contributed by atoms with Gasteiger partial charge in [0.1, 0.15) is 0 Å². The maximum absolute atomic E-state index is 12.8. The van der Waals surface area contributed by atoms with Crippen LogP contribution >= 0.6 is 24.0 Å². The van der Waals surface area contributed by atoms with Crippen molar-refractivity contribution < 1.29 is 9.59 Å². The van der Waals surface area contributed by atoms with E-state index >= 15 is 0 Å². The third-order valence-corrected chi connectivity index (χ3v) is 5.33. The summed E-state index contributed by atoms with van der Waals surface area (Å²) in [5.74, 6) is 0.0275. The number of hydrogen-bond acceptors (Lipinski definition) is 3. The highest BCUT2D eigenvalue weighted by Gasteiger charge is 2.35. The molecule has 0 spiro atoms. The van der Waals surface area contributed by atoms with Crippen molar-refractivity contribution in [3.8, 4) is 0 Å². The number of hydrogen-bond donors (Lipinski definition) is 1. The zero-order valence-corrected chi connectivity index (χ0v) is 15.8. The Labute approximate surface area is 159 Å². The molecule has 2 atom stereocenters. The van der Waals surface area contributed by atoms with Crippen LogP contribution in [-0.2, 0) is 4.79 Å². The van der Waals surface area contributed by atoms with Gasteiger partial charge >= 0.3 is 0 Å². The Morgan fingerprint density at radius 2 is 1.80 bits per heavy atom. The summed E-state index contributed by atoms with van der Waals surface area (Å²) in [6.45, 7) is 2.51. The van der Waals surface area contributed by atoms with Crippen LogP contribution in [0.1, 0.15) is 36.0 Å². The molecule has 0 radical (unpaired) electrons. The number of carbonyl (C=O) groups is 2. The van der Waals surface area contributed by atoms with Crippen molar-refractivity contribution >= 4 is 35.8 Å². The Bertz CT molecular complexity index is 609. The maximum atomic E-state index is 12.8. The molecule has 2 fully saturated rings. The van der Waals surface area contributed by atoms with Crippen LogP contribution < -0.4 is 5.73 Å². The second kappa shape index (κ2) is 8.88. The topological polar surface area (TPSA) is 66.6 Å². The zero-order chi connectivity index (χ0) is 17.1. The number of nitrogens with two attached hydrogens (primary N) is 1. The first-order chi connectivity index (χ1) is 11.6. The fraction of sp³-hybridized carbons (Fsp3) is 0.556. The lowest BCUT2D eigenvalue weighted by Gasteiger charge is -2.35. The highest BCUT2D eigenvalue weighted by Crippen LogP contribution is 2.25. The zero-order valence-electron chi connectivity index (χ0n) is 14.2. The standard InChI is InChI=1S/C18H24ClN3O2.ClH/c19-15-7-5-13(6-8-15)17(23)21-9-1-3-14(12-21)18(24)22-10-2-4-16(22)11-20;/h5-8,14,16H,1-4,9-12,20H2;1H. The smallest absolute Gasteiger partial charge is 0.253 e. The van der Waals surface area contributed by atoms with E-state index in [2.05, 4.69) is 0 Å². The summed E-state index contributed by atoms with van der Waals surface area (Å²) in [4.78, 5) is 29.2. The van der Waals surface area contributed by atoms with Gasteiger partial charge in [-0.25, -0.2) is 0 Å². The Morgan fingerprint density at radius 1 is 1.12 bits per heavy atom. The van der Waals surface area contributed by atoms with E-state index in [0.29, 0.717) is 30.2 Å². The highest BCUT2D eigenvalue weighted by molar-refractivity contribution is 6.30. The first-order valence-electron chi connectivity index (χ1n) is 8.65. The molecule has 0 saturated carbocycles. The van der Waals surface area contributed by atoms with Gasteiger partial charge in [-0.3, -0.25) is 9.59 Å². The molecule has 2 aliphatic rings. The number of nitrogens with zero attached hydrogens (tertiary/aromatic N) is 2. The monoisotopic (exact) mass is 385 g/mol. The van der Waals surface area contributed by atoms with Crippen molar-refractivity contribution in [1.82, 2.24) is 9.80 Å². The molecule has 2 saturated heterocycles. The number of rotatable bonds is 3. The molecule has 2 amide bonds. The Kier molecular flexibility index (Phi) is 7.11. The molecular formula is C18H25Cl2N3O2. The Morgan fingerprint density at radius 3 is 2.48 bits per heavy atom. The Balaban J connectivity index is 0.00000225. The molecular weight excluding hydrogens is 361 g/mol. The lowest BCUT2D eigenvalue weighted by atomic mass is 9.95. The number of piperidine rings is 1. The van der Waals surface area contributed by atoms with Gasteiger partial charge in [0.25, 0.3) is 5.91 Å². The predicted molar refractivity (Wildman–Crippen MR) is 101 cm³/mol. The van der Waals surface area contributed by atoms with Crippen LogP contribution in [0.2, 0.25) is 5.02 Å². The SMILES string of the molecule is Cl.NCC1CCCN1C(=O)C1CCCN(C(=O)c2ccc(Cl)cc2)C1. The van der Waals surface area contributed by atoms with E-state index in [1.54, 1.807) is 29.2 Å². The fourth-order valence-corrected chi connectivity index (χ4v) is 3.87. The van der Waals surface area contributed by atoms with E-state index in [4.69, 9.17) is 17.3 Å². The molecule has 138 valence electrons. The number of halogens is 2. The van der Waals surface area contributed by atoms with Gasteiger partial charge in [-0.05, 0) is 49.9 Å². The van der Waals surface area contributed by atoms with Crippen LogP contribution in [0, 0.1) is 5.92 Å². The molecule has 0 aromatic heterocycles. The van der Waals surface area contributed by atoms with E-state index in [-0.39, 0.29) is 36.2 Å². The van der Waals surface area contributed by atoms with E-state index in [1.807, 2.05) is 4.90 Å². The number of amides is 2. The molecule has 2 aliphatic heterocycles. The quantitative estimate of drug-likeness (QED) is 0.868.